The molecule has 5 heteroatoms. The van der Waals surface area contributed by atoms with E-state index in [-0.39, 0.29) is 18.4 Å². The quantitative estimate of drug-likeness (QED) is 0.833. The van der Waals surface area contributed by atoms with E-state index in [2.05, 4.69) is 11.9 Å². The fourth-order valence-corrected chi connectivity index (χ4v) is 1.31. The van der Waals surface area contributed by atoms with Crippen molar-refractivity contribution < 1.29 is 9.59 Å². The molecule has 90 valence electrons. The molecule has 1 aromatic carbocycles. The van der Waals surface area contributed by atoms with E-state index in [4.69, 9.17) is 11.6 Å². The number of rotatable bonds is 4. The van der Waals surface area contributed by atoms with E-state index in [0.717, 1.165) is 6.08 Å². The number of carbonyl (C=O) groups is 2. The predicted octanol–water partition coefficient (Wildman–Crippen LogP) is 1.92. The summed E-state index contributed by atoms with van der Waals surface area (Å²) in [5.41, 5.74) is 0.638. The predicted molar refractivity (Wildman–Crippen MR) is 67.9 cm³/mol. The van der Waals surface area contributed by atoms with E-state index in [9.17, 15) is 9.59 Å². The van der Waals surface area contributed by atoms with Crippen LogP contribution in [0.2, 0.25) is 5.02 Å². The van der Waals surface area contributed by atoms with Gasteiger partial charge in [-0.3, -0.25) is 9.59 Å². The van der Waals surface area contributed by atoms with Crippen LogP contribution >= 0.6 is 11.6 Å². The minimum absolute atomic E-state index is 0.0204. The van der Waals surface area contributed by atoms with Gasteiger partial charge in [-0.05, 0) is 30.3 Å². The van der Waals surface area contributed by atoms with Crippen molar-refractivity contribution in [1.29, 1.82) is 0 Å². The number of benzene rings is 1. The van der Waals surface area contributed by atoms with Crippen LogP contribution in [0.4, 0.5) is 5.69 Å². The maximum atomic E-state index is 11.6. The molecule has 0 bridgehead atoms. The Labute approximate surface area is 105 Å². The molecule has 1 rings (SSSR count). The summed E-state index contributed by atoms with van der Waals surface area (Å²) < 4.78 is 0. The van der Waals surface area contributed by atoms with Gasteiger partial charge < -0.3 is 10.2 Å². The summed E-state index contributed by atoms with van der Waals surface area (Å²) in [6.07, 6.45) is 1.16. The zero-order valence-corrected chi connectivity index (χ0v) is 10.2. The lowest BCUT2D eigenvalue weighted by molar-refractivity contribution is -0.129. The van der Waals surface area contributed by atoms with Crippen LogP contribution in [0.3, 0.4) is 0 Å². The molecule has 0 saturated carbocycles. The second kappa shape index (κ2) is 6.06. The molecule has 0 aliphatic carbocycles. The molecule has 0 aliphatic rings. The highest BCUT2D eigenvalue weighted by atomic mass is 35.5. The maximum Gasteiger partial charge on any atom is 0.246 e. The second-order valence-electron chi connectivity index (χ2n) is 3.45. The topological polar surface area (TPSA) is 49.4 Å². The summed E-state index contributed by atoms with van der Waals surface area (Å²) in [6, 6.07) is 6.73. The van der Waals surface area contributed by atoms with Crippen LogP contribution in [-0.2, 0) is 9.59 Å². The molecule has 0 aromatic heterocycles. The van der Waals surface area contributed by atoms with Gasteiger partial charge in [-0.25, -0.2) is 0 Å². The number of likely N-dealkylation sites (N-methyl/N-ethyl adjacent to an activating group) is 1. The Morgan fingerprint density at radius 2 is 2.00 bits per heavy atom. The van der Waals surface area contributed by atoms with E-state index in [1.54, 1.807) is 24.3 Å². The molecule has 1 N–H and O–H groups in total. The highest BCUT2D eigenvalue weighted by molar-refractivity contribution is 6.30. The molecule has 1 aromatic rings. The van der Waals surface area contributed by atoms with Crippen molar-refractivity contribution >= 4 is 29.1 Å². The van der Waals surface area contributed by atoms with Crippen LogP contribution in [0.15, 0.2) is 36.9 Å². The lowest BCUT2D eigenvalue weighted by Gasteiger charge is -2.14. The third-order valence-corrected chi connectivity index (χ3v) is 2.31. The van der Waals surface area contributed by atoms with Gasteiger partial charge in [0, 0.05) is 17.8 Å². The first kappa shape index (κ1) is 13.3. The number of nitrogens with one attached hydrogen (secondary N) is 1. The van der Waals surface area contributed by atoms with Gasteiger partial charge in [0.05, 0.1) is 6.54 Å². The average Bonchev–Trinajstić information content (AvgIpc) is 2.30. The largest absolute Gasteiger partial charge is 0.333 e. The minimum atomic E-state index is -0.295. The van der Waals surface area contributed by atoms with Crippen LogP contribution in [0.1, 0.15) is 0 Å². The second-order valence-corrected chi connectivity index (χ2v) is 3.89. The van der Waals surface area contributed by atoms with Crippen molar-refractivity contribution in [1.82, 2.24) is 4.90 Å². The molecule has 0 heterocycles. The normalized spacial score (nSPS) is 9.53. The Morgan fingerprint density at radius 1 is 1.41 bits per heavy atom. The van der Waals surface area contributed by atoms with E-state index < -0.39 is 0 Å². The highest BCUT2D eigenvalue weighted by Gasteiger charge is 2.09. The fraction of sp³-hybridized carbons (Fsp3) is 0.167. The van der Waals surface area contributed by atoms with Gasteiger partial charge in [0.2, 0.25) is 11.8 Å². The van der Waals surface area contributed by atoms with E-state index >= 15 is 0 Å². The first-order chi connectivity index (χ1) is 8.02. The summed E-state index contributed by atoms with van der Waals surface area (Å²) in [6.45, 7) is 3.32. The van der Waals surface area contributed by atoms with Crippen LogP contribution in [-0.4, -0.2) is 30.3 Å². The third kappa shape index (κ3) is 4.28. The number of halogens is 1. The lowest BCUT2D eigenvalue weighted by Crippen LogP contribution is -2.33. The van der Waals surface area contributed by atoms with Crippen LogP contribution in [0.25, 0.3) is 0 Å². The Morgan fingerprint density at radius 3 is 2.53 bits per heavy atom. The molecule has 0 radical (unpaired) electrons. The Bertz CT molecular complexity index is 429. The molecule has 0 aliphatic heterocycles. The van der Waals surface area contributed by atoms with Gasteiger partial charge in [0.25, 0.3) is 0 Å². The number of hydrogen-bond donors (Lipinski definition) is 1. The summed E-state index contributed by atoms with van der Waals surface area (Å²) in [4.78, 5) is 24.0. The number of anilines is 1. The van der Waals surface area contributed by atoms with Gasteiger partial charge in [0.1, 0.15) is 0 Å². The number of hydrogen-bond acceptors (Lipinski definition) is 2. The number of carbonyl (C=O) groups excluding carboxylic acids is 2. The molecule has 17 heavy (non-hydrogen) atoms. The van der Waals surface area contributed by atoms with Gasteiger partial charge in [-0.2, -0.15) is 0 Å². The average molecular weight is 253 g/mol. The monoisotopic (exact) mass is 252 g/mol. The molecule has 0 atom stereocenters. The minimum Gasteiger partial charge on any atom is -0.333 e. The Hall–Kier alpha value is -1.81. The smallest absolute Gasteiger partial charge is 0.246 e. The lowest BCUT2D eigenvalue weighted by atomic mass is 10.3. The molecular formula is C12H13ClN2O2. The van der Waals surface area contributed by atoms with E-state index in [1.165, 1.54) is 11.9 Å². The first-order valence-corrected chi connectivity index (χ1v) is 5.33. The van der Waals surface area contributed by atoms with Crippen molar-refractivity contribution in [3.8, 4) is 0 Å². The number of amides is 2. The van der Waals surface area contributed by atoms with Crippen molar-refractivity contribution in [2.24, 2.45) is 0 Å². The highest BCUT2D eigenvalue weighted by Crippen LogP contribution is 2.13. The zero-order chi connectivity index (χ0) is 12.8. The van der Waals surface area contributed by atoms with Gasteiger partial charge in [-0.15, -0.1) is 0 Å². The van der Waals surface area contributed by atoms with Crippen molar-refractivity contribution in [3.63, 3.8) is 0 Å². The summed E-state index contributed by atoms with van der Waals surface area (Å²) in [5, 5.41) is 3.25. The molecule has 2 amide bonds. The molecule has 0 spiro atoms. The third-order valence-electron chi connectivity index (χ3n) is 2.06. The number of nitrogens with zero attached hydrogens (tertiary/aromatic N) is 1. The Kier molecular flexibility index (Phi) is 4.72. The van der Waals surface area contributed by atoms with Crippen molar-refractivity contribution in [2.75, 3.05) is 18.9 Å². The summed E-state index contributed by atoms with van der Waals surface area (Å²) >= 11 is 5.72. The fourth-order valence-electron chi connectivity index (χ4n) is 1.18. The Balaban J connectivity index is 2.52. The summed E-state index contributed by atoms with van der Waals surface area (Å²) in [5.74, 6) is -0.568. The van der Waals surface area contributed by atoms with E-state index in [0.29, 0.717) is 10.7 Å². The van der Waals surface area contributed by atoms with Gasteiger partial charge in [-0.1, -0.05) is 18.2 Å². The maximum absolute atomic E-state index is 11.6. The summed E-state index contributed by atoms with van der Waals surface area (Å²) in [7, 11) is 1.53. The molecular weight excluding hydrogens is 240 g/mol. The van der Waals surface area contributed by atoms with Crippen molar-refractivity contribution in [2.45, 2.75) is 0 Å². The van der Waals surface area contributed by atoms with Gasteiger partial charge >= 0.3 is 0 Å². The van der Waals surface area contributed by atoms with Crippen LogP contribution in [0.5, 0.6) is 0 Å². The molecule has 0 unspecified atom stereocenters. The molecule has 0 fully saturated rings. The van der Waals surface area contributed by atoms with E-state index in [1.807, 2.05) is 0 Å². The SMILES string of the molecule is C=CC(=O)N(C)CC(=O)Nc1ccc(Cl)cc1. The molecule has 0 saturated heterocycles. The zero-order valence-electron chi connectivity index (χ0n) is 9.44. The first-order valence-electron chi connectivity index (χ1n) is 4.96. The van der Waals surface area contributed by atoms with Gasteiger partial charge in [0.15, 0.2) is 0 Å². The van der Waals surface area contributed by atoms with Crippen LogP contribution in [0, 0.1) is 0 Å². The van der Waals surface area contributed by atoms with Crippen LogP contribution < -0.4 is 5.32 Å². The molecule has 4 nitrogen and oxygen atoms in total. The van der Waals surface area contributed by atoms with Crippen molar-refractivity contribution in [3.05, 3.63) is 41.9 Å². The standard InChI is InChI=1S/C12H13ClN2O2/c1-3-12(17)15(2)8-11(16)14-10-6-4-9(13)5-7-10/h3-7H,1,8H2,2H3,(H,14,16).